The molecular weight excluding hydrogens is 335 g/mol. The molecule has 1 N–H and O–H groups in total. The van der Waals surface area contributed by atoms with E-state index in [0.29, 0.717) is 11.6 Å². The van der Waals surface area contributed by atoms with Crippen LogP contribution >= 0.6 is 22.6 Å². The molecule has 1 aromatic rings. The van der Waals surface area contributed by atoms with Crippen LogP contribution in [0.4, 0.5) is 0 Å². The average Bonchev–Trinajstić information content (AvgIpc) is 2.40. The summed E-state index contributed by atoms with van der Waals surface area (Å²) in [6.07, 6.45) is 2.47. The van der Waals surface area contributed by atoms with Crippen molar-refractivity contribution in [2.24, 2.45) is 0 Å². The highest BCUT2D eigenvalue weighted by atomic mass is 127. The lowest BCUT2D eigenvalue weighted by molar-refractivity contribution is 0.117. The number of piperidine rings is 1. The number of hydrogen-bond donors (Lipinski definition) is 1. The molecule has 0 spiro atoms. The van der Waals surface area contributed by atoms with Gasteiger partial charge >= 0.3 is 0 Å². The van der Waals surface area contributed by atoms with Crippen molar-refractivity contribution in [3.8, 4) is 0 Å². The molecule has 2 nitrogen and oxygen atoms in total. The van der Waals surface area contributed by atoms with E-state index < -0.39 is 0 Å². The zero-order valence-electron chi connectivity index (χ0n) is 11.5. The molecule has 1 atom stereocenters. The predicted octanol–water partition coefficient (Wildman–Crippen LogP) is 3.43. The Labute approximate surface area is 124 Å². The minimum atomic E-state index is 0.336. The van der Waals surface area contributed by atoms with Crippen molar-refractivity contribution >= 4 is 22.6 Å². The molecule has 100 valence electrons. The van der Waals surface area contributed by atoms with Gasteiger partial charge in [-0.1, -0.05) is 12.1 Å². The van der Waals surface area contributed by atoms with E-state index in [4.69, 9.17) is 0 Å². The van der Waals surface area contributed by atoms with Crippen molar-refractivity contribution in [1.82, 2.24) is 10.2 Å². The normalized spacial score (nSPS) is 21.8. The van der Waals surface area contributed by atoms with Gasteiger partial charge in [0.1, 0.15) is 0 Å². The first-order chi connectivity index (χ1) is 8.54. The maximum absolute atomic E-state index is 3.46. The van der Waals surface area contributed by atoms with Gasteiger partial charge in [-0.15, -0.1) is 0 Å². The summed E-state index contributed by atoms with van der Waals surface area (Å²) in [5, 5.41) is 3.46. The summed E-state index contributed by atoms with van der Waals surface area (Å²) in [5.41, 5.74) is 1.77. The molecular formula is C15H23IN2. The van der Waals surface area contributed by atoms with Crippen LogP contribution in [0.25, 0.3) is 0 Å². The summed E-state index contributed by atoms with van der Waals surface area (Å²) in [6.45, 7) is 7.03. The molecule has 1 saturated heterocycles. The highest BCUT2D eigenvalue weighted by molar-refractivity contribution is 14.1. The lowest BCUT2D eigenvalue weighted by Crippen LogP contribution is -2.50. The molecule has 1 aliphatic rings. The maximum atomic E-state index is 3.46. The Morgan fingerprint density at radius 3 is 2.28 bits per heavy atom. The quantitative estimate of drug-likeness (QED) is 0.833. The molecule has 0 amide bonds. The van der Waals surface area contributed by atoms with Crippen LogP contribution in [0.1, 0.15) is 38.3 Å². The third-order valence-corrected chi connectivity index (χ3v) is 5.12. The summed E-state index contributed by atoms with van der Waals surface area (Å²) in [6, 6.07) is 9.46. The third-order valence-electron chi connectivity index (χ3n) is 4.41. The Bertz CT molecular complexity index is 380. The summed E-state index contributed by atoms with van der Waals surface area (Å²) in [7, 11) is 2.08. The minimum Gasteiger partial charge on any atom is -0.314 e. The number of rotatable bonds is 3. The van der Waals surface area contributed by atoms with Crippen molar-refractivity contribution in [2.45, 2.75) is 38.3 Å². The van der Waals surface area contributed by atoms with Gasteiger partial charge in [-0.05, 0) is 74.0 Å². The summed E-state index contributed by atoms with van der Waals surface area (Å²) in [5.74, 6) is 0. The van der Waals surface area contributed by atoms with Gasteiger partial charge in [0.25, 0.3) is 0 Å². The monoisotopic (exact) mass is 358 g/mol. The molecule has 0 radical (unpaired) electrons. The Kier molecular flexibility index (Phi) is 4.67. The lowest BCUT2D eigenvalue weighted by Gasteiger charge is -2.42. The van der Waals surface area contributed by atoms with Gasteiger partial charge < -0.3 is 5.32 Å². The second-order valence-electron chi connectivity index (χ2n) is 5.57. The topological polar surface area (TPSA) is 15.3 Å². The van der Waals surface area contributed by atoms with Crippen LogP contribution in [0.3, 0.4) is 0 Å². The van der Waals surface area contributed by atoms with E-state index in [1.54, 1.807) is 0 Å². The Balaban J connectivity index is 1.99. The van der Waals surface area contributed by atoms with E-state index >= 15 is 0 Å². The number of nitrogens with zero attached hydrogens (tertiary/aromatic N) is 1. The van der Waals surface area contributed by atoms with E-state index in [0.717, 1.165) is 0 Å². The Morgan fingerprint density at radius 1 is 1.22 bits per heavy atom. The predicted molar refractivity (Wildman–Crippen MR) is 85.8 cm³/mol. The minimum absolute atomic E-state index is 0.336. The van der Waals surface area contributed by atoms with Gasteiger partial charge in [0.05, 0.1) is 0 Å². The highest BCUT2D eigenvalue weighted by Crippen LogP contribution is 2.28. The Morgan fingerprint density at radius 2 is 1.78 bits per heavy atom. The molecule has 0 aliphatic carbocycles. The van der Waals surface area contributed by atoms with Crippen LogP contribution in [0.5, 0.6) is 0 Å². The molecule has 1 fully saturated rings. The van der Waals surface area contributed by atoms with E-state index in [9.17, 15) is 0 Å². The summed E-state index contributed by atoms with van der Waals surface area (Å²) >= 11 is 2.36. The number of nitrogens with one attached hydrogen (secondary N) is 1. The first-order valence-corrected chi connectivity index (χ1v) is 7.80. The van der Waals surface area contributed by atoms with Crippen LogP contribution < -0.4 is 5.32 Å². The Hall–Kier alpha value is -0.130. The van der Waals surface area contributed by atoms with Crippen LogP contribution in [0.2, 0.25) is 0 Å². The number of hydrogen-bond acceptors (Lipinski definition) is 2. The fraction of sp³-hybridized carbons (Fsp3) is 0.600. The maximum Gasteiger partial charge on any atom is 0.0319 e. The van der Waals surface area contributed by atoms with Crippen LogP contribution in [-0.4, -0.2) is 30.6 Å². The van der Waals surface area contributed by atoms with Gasteiger partial charge in [0, 0.05) is 28.2 Å². The van der Waals surface area contributed by atoms with Crippen molar-refractivity contribution in [3.63, 3.8) is 0 Å². The third kappa shape index (κ3) is 3.25. The molecule has 0 saturated carbocycles. The second-order valence-corrected chi connectivity index (χ2v) is 6.82. The van der Waals surface area contributed by atoms with Crippen molar-refractivity contribution in [3.05, 3.63) is 33.4 Å². The standard InChI is InChI=1S/C15H23IN2/c1-12(13-4-6-14(16)7-5-13)18-10-8-15(2,17-3)9-11-18/h4-7,12,17H,8-11H2,1-3H3. The molecule has 3 heteroatoms. The zero-order valence-corrected chi connectivity index (χ0v) is 13.7. The SMILES string of the molecule is CNC1(C)CCN(C(C)c2ccc(I)cc2)CC1. The summed E-state index contributed by atoms with van der Waals surface area (Å²) < 4.78 is 1.31. The lowest BCUT2D eigenvalue weighted by atomic mass is 9.88. The van der Waals surface area contributed by atoms with E-state index in [1.165, 1.54) is 35.1 Å². The first kappa shape index (κ1) is 14.3. The molecule has 2 rings (SSSR count). The van der Waals surface area contributed by atoms with Gasteiger partial charge in [0.2, 0.25) is 0 Å². The van der Waals surface area contributed by atoms with Gasteiger partial charge in [-0.25, -0.2) is 0 Å². The van der Waals surface area contributed by atoms with Crippen LogP contribution in [0, 0.1) is 3.57 Å². The molecule has 18 heavy (non-hydrogen) atoms. The van der Waals surface area contributed by atoms with E-state index in [1.807, 2.05) is 0 Å². The second kappa shape index (κ2) is 5.88. The first-order valence-electron chi connectivity index (χ1n) is 6.72. The van der Waals surface area contributed by atoms with Crippen molar-refractivity contribution < 1.29 is 0 Å². The number of halogens is 1. The van der Waals surface area contributed by atoms with Gasteiger partial charge in [-0.3, -0.25) is 4.90 Å². The largest absolute Gasteiger partial charge is 0.314 e. The van der Waals surface area contributed by atoms with Gasteiger partial charge in [0.15, 0.2) is 0 Å². The number of benzene rings is 1. The van der Waals surface area contributed by atoms with E-state index in [2.05, 4.69) is 78.0 Å². The van der Waals surface area contributed by atoms with Gasteiger partial charge in [-0.2, -0.15) is 0 Å². The molecule has 0 aromatic heterocycles. The fourth-order valence-corrected chi connectivity index (χ4v) is 2.97. The smallest absolute Gasteiger partial charge is 0.0319 e. The molecule has 1 unspecified atom stereocenters. The van der Waals surface area contributed by atoms with Crippen molar-refractivity contribution in [1.29, 1.82) is 0 Å². The molecule has 0 bridgehead atoms. The van der Waals surface area contributed by atoms with Crippen molar-refractivity contribution in [2.75, 3.05) is 20.1 Å². The summed E-state index contributed by atoms with van der Waals surface area (Å²) in [4.78, 5) is 2.60. The zero-order chi connectivity index (χ0) is 13.2. The average molecular weight is 358 g/mol. The van der Waals surface area contributed by atoms with Crippen LogP contribution in [-0.2, 0) is 0 Å². The fourth-order valence-electron chi connectivity index (χ4n) is 2.61. The van der Waals surface area contributed by atoms with E-state index in [-0.39, 0.29) is 0 Å². The molecule has 1 aliphatic heterocycles. The molecule has 1 aromatic carbocycles. The number of likely N-dealkylation sites (tertiary alicyclic amines) is 1. The van der Waals surface area contributed by atoms with Crippen LogP contribution in [0.15, 0.2) is 24.3 Å². The molecule has 1 heterocycles. The highest BCUT2D eigenvalue weighted by Gasteiger charge is 2.30.